The van der Waals surface area contributed by atoms with Crippen molar-refractivity contribution >= 4 is 0 Å². The number of methoxy groups -OCH3 is 3. The Labute approximate surface area is 89.9 Å². The molecule has 0 aromatic rings. The monoisotopic (exact) mass is 223 g/mol. The van der Waals surface area contributed by atoms with Crippen LogP contribution in [0.1, 0.15) is 0 Å². The quantitative estimate of drug-likeness (QED) is 0.456. The summed E-state index contributed by atoms with van der Waals surface area (Å²) in [6, 6.07) is 0. The van der Waals surface area contributed by atoms with Gasteiger partial charge in [-0.2, -0.15) is 0 Å². The summed E-state index contributed by atoms with van der Waals surface area (Å²) >= 11 is 0. The van der Waals surface area contributed by atoms with Crippen LogP contribution in [0.25, 0.3) is 0 Å². The first-order chi connectivity index (χ1) is 7.12. The summed E-state index contributed by atoms with van der Waals surface area (Å²) in [4.78, 5) is 0. The summed E-state index contributed by atoms with van der Waals surface area (Å²) in [5.41, 5.74) is 5.44. The molecule has 0 saturated heterocycles. The predicted molar refractivity (Wildman–Crippen MR) is 54.5 cm³/mol. The van der Waals surface area contributed by atoms with Gasteiger partial charge in [0.2, 0.25) is 0 Å². The highest BCUT2D eigenvalue weighted by Gasteiger charge is 2.32. The van der Waals surface area contributed by atoms with Crippen molar-refractivity contribution in [3.05, 3.63) is 0 Å². The molecular formula is C9H21NO5. The fraction of sp³-hybridized carbons (Fsp3) is 1.00. The molecule has 4 atom stereocenters. The maximum atomic E-state index is 9.75. The summed E-state index contributed by atoms with van der Waals surface area (Å²) in [6.07, 6.45) is -3.26. The van der Waals surface area contributed by atoms with E-state index in [1.54, 1.807) is 0 Å². The van der Waals surface area contributed by atoms with E-state index < -0.39 is 24.4 Å². The van der Waals surface area contributed by atoms with E-state index in [4.69, 9.17) is 19.9 Å². The molecule has 0 heterocycles. The molecule has 6 nitrogen and oxygen atoms in total. The van der Waals surface area contributed by atoms with E-state index in [9.17, 15) is 10.2 Å². The Morgan fingerprint density at radius 2 is 1.73 bits per heavy atom. The van der Waals surface area contributed by atoms with Gasteiger partial charge in [0.25, 0.3) is 0 Å². The van der Waals surface area contributed by atoms with Crippen molar-refractivity contribution < 1.29 is 24.4 Å². The molecule has 15 heavy (non-hydrogen) atoms. The molecule has 0 aliphatic carbocycles. The van der Waals surface area contributed by atoms with Crippen molar-refractivity contribution in [2.45, 2.75) is 24.4 Å². The fourth-order valence-electron chi connectivity index (χ4n) is 1.36. The van der Waals surface area contributed by atoms with Gasteiger partial charge < -0.3 is 30.2 Å². The van der Waals surface area contributed by atoms with Crippen molar-refractivity contribution in [1.29, 1.82) is 0 Å². The number of rotatable bonds is 8. The predicted octanol–water partition coefficient (Wildman–Crippen LogP) is -1.66. The van der Waals surface area contributed by atoms with Gasteiger partial charge in [-0.1, -0.05) is 0 Å². The lowest BCUT2D eigenvalue weighted by molar-refractivity contribution is -0.136. The Morgan fingerprint density at radius 1 is 1.13 bits per heavy atom. The van der Waals surface area contributed by atoms with Gasteiger partial charge in [-0.25, -0.2) is 0 Å². The van der Waals surface area contributed by atoms with Crippen molar-refractivity contribution in [2.24, 2.45) is 5.73 Å². The van der Waals surface area contributed by atoms with Crippen LogP contribution in [0.2, 0.25) is 0 Å². The van der Waals surface area contributed by atoms with Gasteiger partial charge >= 0.3 is 0 Å². The zero-order valence-electron chi connectivity index (χ0n) is 9.42. The van der Waals surface area contributed by atoms with Crippen LogP contribution in [0, 0.1) is 0 Å². The van der Waals surface area contributed by atoms with Gasteiger partial charge in [-0.05, 0) is 0 Å². The number of aliphatic hydroxyl groups excluding tert-OH is 2. The molecule has 0 radical (unpaired) electrons. The van der Waals surface area contributed by atoms with Gasteiger partial charge in [0.05, 0.1) is 12.7 Å². The Kier molecular flexibility index (Phi) is 7.85. The summed E-state index contributed by atoms with van der Waals surface area (Å²) < 4.78 is 14.8. The number of aliphatic hydroxyl groups is 2. The average Bonchev–Trinajstić information content (AvgIpc) is 2.25. The van der Waals surface area contributed by atoms with Gasteiger partial charge in [0, 0.05) is 27.9 Å². The van der Waals surface area contributed by atoms with Crippen molar-refractivity contribution in [1.82, 2.24) is 0 Å². The Hall–Kier alpha value is -0.240. The summed E-state index contributed by atoms with van der Waals surface area (Å²) in [5, 5.41) is 19.3. The molecule has 0 aliphatic rings. The van der Waals surface area contributed by atoms with Crippen LogP contribution < -0.4 is 5.73 Å². The maximum absolute atomic E-state index is 9.75. The van der Waals surface area contributed by atoms with E-state index in [-0.39, 0.29) is 13.2 Å². The SMILES string of the molecule is COCC(O)C(O)C(OC)C(CN)OC. The second-order valence-corrected chi connectivity index (χ2v) is 3.22. The standard InChI is InChI=1S/C9H21NO5/c1-13-5-6(11)8(12)9(15-3)7(4-10)14-2/h6-9,11-12H,4-5,10H2,1-3H3. The van der Waals surface area contributed by atoms with Crippen molar-refractivity contribution in [2.75, 3.05) is 34.5 Å². The third-order valence-electron chi connectivity index (χ3n) is 2.24. The zero-order chi connectivity index (χ0) is 11.8. The van der Waals surface area contributed by atoms with Gasteiger partial charge in [0.15, 0.2) is 0 Å². The summed E-state index contributed by atoms with van der Waals surface area (Å²) in [6.45, 7) is 0.230. The third-order valence-corrected chi connectivity index (χ3v) is 2.24. The molecule has 4 N–H and O–H groups in total. The molecule has 6 heteroatoms. The van der Waals surface area contributed by atoms with Crippen LogP contribution in [0.5, 0.6) is 0 Å². The highest BCUT2D eigenvalue weighted by molar-refractivity contribution is 4.83. The Morgan fingerprint density at radius 3 is 2.07 bits per heavy atom. The van der Waals surface area contributed by atoms with E-state index in [0.29, 0.717) is 0 Å². The van der Waals surface area contributed by atoms with Crippen LogP contribution in [0.4, 0.5) is 0 Å². The van der Waals surface area contributed by atoms with Crippen molar-refractivity contribution in [3.63, 3.8) is 0 Å². The zero-order valence-corrected chi connectivity index (χ0v) is 9.42. The minimum Gasteiger partial charge on any atom is -0.388 e. The van der Waals surface area contributed by atoms with Crippen LogP contribution >= 0.6 is 0 Å². The first kappa shape index (κ1) is 14.8. The van der Waals surface area contributed by atoms with Crippen LogP contribution in [0.3, 0.4) is 0 Å². The molecule has 0 aliphatic heterocycles. The molecule has 4 unspecified atom stereocenters. The number of hydrogen-bond donors (Lipinski definition) is 3. The second kappa shape index (κ2) is 7.98. The lowest BCUT2D eigenvalue weighted by atomic mass is 10.0. The molecule has 92 valence electrons. The van der Waals surface area contributed by atoms with E-state index in [0.717, 1.165) is 0 Å². The minimum absolute atomic E-state index is 0.0298. The number of ether oxygens (including phenoxy) is 3. The molecule has 0 spiro atoms. The van der Waals surface area contributed by atoms with E-state index in [1.807, 2.05) is 0 Å². The molecule has 0 rings (SSSR count). The fourth-order valence-corrected chi connectivity index (χ4v) is 1.36. The maximum Gasteiger partial charge on any atom is 0.113 e. The van der Waals surface area contributed by atoms with Crippen molar-refractivity contribution in [3.8, 4) is 0 Å². The van der Waals surface area contributed by atoms with E-state index >= 15 is 0 Å². The minimum atomic E-state index is -1.09. The Bertz CT molecular complexity index is 153. The molecule has 0 saturated carbocycles. The van der Waals surface area contributed by atoms with Gasteiger partial charge in [-0.15, -0.1) is 0 Å². The normalized spacial score (nSPS) is 19.6. The third kappa shape index (κ3) is 4.42. The summed E-state index contributed by atoms with van der Waals surface area (Å²) in [5.74, 6) is 0. The van der Waals surface area contributed by atoms with Gasteiger partial charge in [0.1, 0.15) is 18.3 Å². The van der Waals surface area contributed by atoms with E-state index in [1.165, 1.54) is 21.3 Å². The molecule has 0 amide bonds. The highest BCUT2D eigenvalue weighted by atomic mass is 16.5. The van der Waals surface area contributed by atoms with Crippen LogP contribution in [-0.2, 0) is 14.2 Å². The average molecular weight is 223 g/mol. The molecule has 0 fully saturated rings. The first-order valence-corrected chi connectivity index (χ1v) is 4.73. The molecule has 0 aromatic carbocycles. The number of hydrogen-bond acceptors (Lipinski definition) is 6. The second-order valence-electron chi connectivity index (χ2n) is 3.22. The number of nitrogens with two attached hydrogens (primary N) is 1. The van der Waals surface area contributed by atoms with Crippen LogP contribution in [0.15, 0.2) is 0 Å². The Balaban J connectivity index is 4.36. The largest absolute Gasteiger partial charge is 0.388 e. The molecular weight excluding hydrogens is 202 g/mol. The molecule has 0 bridgehead atoms. The lowest BCUT2D eigenvalue weighted by Gasteiger charge is -2.30. The smallest absolute Gasteiger partial charge is 0.113 e. The summed E-state index contributed by atoms with van der Waals surface area (Å²) in [7, 11) is 4.34. The van der Waals surface area contributed by atoms with Crippen LogP contribution in [-0.4, -0.2) is 69.1 Å². The highest BCUT2D eigenvalue weighted by Crippen LogP contribution is 2.10. The first-order valence-electron chi connectivity index (χ1n) is 4.73. The topological polar surface area (TPSA) is 94.2 Å². The van der Waals surface area contributed by atoms with Gasteiger partial charge in [-0.3, -0.25) is 0 Å². The molecule has 0 aromatic heterocycles. The lowest BCUT2D eigenvalue weighted by Crippen LogP contribution is -2.50. The van der Waals surface area contributed by atoms with E-state index in [2.05, 4.69) is 0 Å².